The second kappa shape index (κ2) is 9.44. The lowest BCUT2D eigenvalue weighted by Crippen LogP contribution is -2.33. The maximum atomic E-state index is 12.1. The van der Waals surface area contributed by atoms with Crippen LogP contribution in [0.1, 0.15) is 58.3 Å². The smallest absolute Gasteiger partial charge is 0.462 e. The fourth-order valence-corrected chi connectivity index (χ4v) is 3.21. The molecule has 0 unspecified atom stereocenters. The minimum absolute atomic E-state index is 0. The third-order valence-corrected chi connectivity index (χ3v) is 4.55. The Balaban J connectivity index is 0.00000242. The Morgan fingerprint density at radius 1 is 0.870 bits per heavy atom. The summed E-state index contributed by atoms with van der Waals surface area (Å²) in [6, 6.07) is 0. The average Bonchev–Trinajstić information content (AvgIpc) is 2.40. The van der Waals surface area contributed by atoms with Crippen LogP contribution in [0.25, 0.3) is 0 Å². The van der Waals surface area contributed by atoms with E-state index in [4.69, 9.17) is 4.74 Å². The lowest BCUT2D eigenvalue weighted by atomic mass is 9.83. The minimum Gasteiger partial charge on any atom is -0.462 e. The van der Waals surface area contributed by atoms with E-state index >= 15 is 0 Å². The largest absolute Gasteiger partial charge is 0.522 e. The van der Waals surface area contributed by atoms with E-state index in [0.29, 0.717) is 31.6 Å². The van der Waals surface area contributed by atoms with Gasteiger partial charge in [-0.3, -0.25) is 9.53 Å². The highest BCUT2D eigenvalue weighted by molar-refractivity contribution is 5.72. The van der Waals surface area contributed by atoms with E-state index < -0.39 is 12.5 Å². The summed E-state index contributed by atoms with van der Waals surface area (Å²) in [7, 11) is 0. The van der Waals surface area contributed by atoms with E-state index in [9.17, 15) is 18.0 Å². The Morgan fingerprint density at radius 3 is 1.83 bits per heavy atom. The fourth-order valence-electron chi connectivity index (χ4n) is 3.21. The highest BCUT2D eigenvalue weighted by Gasteiger charge is 2.36. The lowest BCUT2D eigenvalue weighted by molar-refractivity contribution is -0.346. The number of alkyl halides is 3. The van der Waals surface area contributed by atoms with Crippen LogP contribution in [0.4, 0.5) is 13.2 Å². The Labute approximate surface area is 134 Å². The van der Waals surface area contributed by atoms with Gasteiger partial charge >= 0.3 is 12.3 Å². The van der Waals surface area contributed by atoms with Crippen molar-refractivity contribution >= 4 is 5.97 Å². The Morgan fingerprint density at radius 2 is 1.35 bits per heavy atom. The predicted molar refractivity (Wildman–Crippen MR) is 77.6 cm³/mol. The molecule has 5 nitrogen and oxygen atoms in total. The number of rotatable bonds is 3. The molecule has 0 amide bonds. The molecule has 2 saturated carbocycles. The van der Waals surface area contributed by atoms with Crippen molar-refractivity contribution in [2.75, 3.05) is 0 Å². The first-order valence-electron chi connectivity index (χ1n) is 7.78. The molecule has 0 spiro atoms. The molecule has 23 heavy (non-hydrogen) atoms. The summed E-state index contributed by atoms with van der Waals surface area (Å²) in [6.07, 6.45) is -0.298. The molecule has 0 aromatic rings. The molecule has 0 atom stereocenters. The van der Waals surface area contributed by atoms with Crippen molar-refractivity contribution in [2.45, 2.75) is 76.9 Å². The van der Waals surface area contributed by atoms with E-state index in [2.05, 4.69) is 11.7 Å². The minimum atomic E-state index is -4.58. The molecule has 0 aromatic heterocycles. The molecule has 138 valence electrons. The molecular formula is C15H27F3O5. The standard InChI is InChI=1S/C15H23F3O3.2H2O/c1-10-2-4-11(5-3-10)14(19)20-12-6-8-13(9-7-12)21-15(16,17)18;;/h10-13H,2-9H2,1H3;2*1H2. The molecule has 0 bridgehead atoms. The van der Waals surface area contributed by atoms with E-state index in [0.717, 1.165) is 25.7 Å². The summed E-state index contributed by atoms with van der Waals surface area (Å²) in [5.41, 5.74) is 0. The Kier molecular flexibility index (Phi) is 9.09. The average molecular weight is 344 g/mol. The zero-order valence-electron chi connectivity index (χ0n) is 13.3. The molecule has 2 aliphatic carbocycles. The summed E-state index contributed by atoms with van der Waals surface area (Å²) >= 11 is 0. The Hall–Kier alpha value is -0.860. The van der Waals surface area contributed by atoms with Gasteiger partial charge in [-0.05, 0) is 57.3 Å². The number of ether oxygens (including phenoxy) is 2. The predicted octanol–water partition coefficient (Wildman–Crippen LogP) is 2.55. The summed E-state index contributed by atoms with van der Waals surface area (Å²) in [5.74, 6) is 0.483. The molecule has 0 heterocycles. The van der Waals surface area contributed by atoms with Gasteiger partial charge in [0.05, 0.1) is 12.0 Å². The van der Waals surface area contributed by atoms with Crippen molar-refractivity contribution in [2.24, 2.45) is 11.8 Å². The molecule has 0 saturated heterocycles. The third kappa shape index (κ3) is 7.50. The number of hydrogen-bond donors (Lipinski definition) is 0. The number of halogens is 3. The molecule has 0 aliphatic heterocycles. The first-order chi connectivity index (χ1) is 9.83. The number of esters is 1. The molecule has 0 radical (unpaired) electrons. The van der Waals surface area contributed by atoms with Crippen molar-refractivity contribution in [1.82, 2.24) is 0 Å². The topological polar surface area (TPSA) is 98.5 Å². The van der Waals surface area contributed by atoms with Gasteiger partial charge in [0.15, 0.2) is 0 Å². The quantitative estimate of drug-likeness (QED) is 0.736. The van der Waals surface area contributed by atoms with Gasteiger partial charge in [0.1, 0.15) is 6.10 Å². The number of carbonyl (C=O) groups excluding carboxylic acids is 1. The van der Waals surface area contributed by atoms with Gasteiger partial charge in [-0.25, -0.2) is 0 Å². The fraction of sp³-hybridized carbons (Fsp3) is 0.933. The lowest BCUT2D eigenvalue weighted by Gasteiger charge is -2.31. The maximum Gasteiger partial charge on any atom is 0.522 e. The van der Waals surface area contributed by atoms with Crippen molar-refractivity contribution in [3.63, 3.8) is 0 Å². The zero-order valence-corrected chi connectivity index (χ0v) is 13.3. The van der Waals surface area contributed by atoms with Gasteiger partial charge in [-0.2, -0.15) is 0 Å². The van der Waals surface area contributed by atoms with Crippen LogP contribution in [-0.4, -0.2) is 35.5 Å². The van der Waals surface area contributed by atoms with E-state index in [1.54, 1.807) is 0 Å². The summed E-state index contributed by atoms with van der Waals surface area (Å²) in [4.78, 5) is 12.0. The van der Waals surface area contributed by atoms with Gasteiger partial charge < -0.3 is 15.7 Å². The van der Waals surface area contributed by atoms with Crippen LogP contribution >= 0.6 is 0 Å². The van der Waals surface area contributed by atoms with Crippen LogP contribution in [0.5, 0.6) is 0 Å². The van der Waals surface area contributed by atoms with Crippen LogP contribution in [0, 0.1) is 11.8 Å². The first kappa shape index (κ1) is 22.1. The van der Waals surface area contributed by atoms with Gasteiger partial charge in [-0.1, -0.05) is 6.92 Å². The van der Waals surface area contributed by atoms with E-state index in [-0.39, 0.29) is 28.9 Å². The van der Waals surface area contributed by atoms with Crippen molar-refractivity contribution in [3.8, 4) is 0 Å². The van der Waals surface area contributed by atoms with Crippen LogP contribution in [0.3, 0.4) is 0 Å². The van der Waals surface area contributed by atoms with E-state index in [1.807, 2.05) is 0 Å². The van der Waals surface area contributed by atoms with Crippen LogP contribution in [0.15, 0.2) is 0 Å². The molecule has 0 aromatic carbocycles. The highest BCUT2D eigenvalue weighted by atomic mass is 19.4. The van der Waals surface area contributed by atoms with Crippen LogP contribution < -0.4 is 0 Å². The normalized spacial score (nSPS) is 31.5. The van der Waals surface area contributed by atoms with E-state index in [1.165, 1.54) is 0 Å². The number of carbonyl (C=O) groups is 1. The SMILES string of the molecule is CC1CCC(C(=O)OC2CCC(OC(F)(F)F)CC2)CC1.O.O. The zero-order chi connectivity index (χ0) is 15.5. The number of hydrogen-bond acceptors (Lipinski definition) is 3. The molecule has 2 aliphatic rings. The molecule has 2 fully saturated rings. The summed E-state index contributed by atoms with van der Waals surface area (Å²) < 4.78 is 45.8. The van der Waals surface area contributed by atoms with Crippen molar-refractivity contribution < 1.29 is 38.4 Å². The first-order valence-corrected chi connectivity index (χ1v) is 7.78. The summed E-state index contributed by atoms with van der Waals surface area (Å²) in [5, 5.41) is 0. The molecule has 8 heteroatoms. The van der Waals surface area contributed by atoms with Gasteiger partial charge in [0, 0.05) is 0 Å². The molecule has 4 N–H and O–H groups in total. The van der Waals surface area contributed by atoms with Gasteiger partial charge in [0.25, 0.3) is 0 Å². The molecule has 2 rings (SSSR count). The maximum absolute atomic E-state index is 12.1. The van der Waals surface area contributed by atoms with Gasteiger partial charge in [-0.15, -0.1) is 13.2 Å². The summed E-state index contributed by atoms with van der Waals surface area (Å²) in [6.45, 7) is 2.18. The third-order valence-electron chi connectivity index (χ3n) is 4.55. The van der Waals surface area contributed by atoms with Gasteiger partial charge in [0.2, 0.25) is 0 Å². The second-order valence-corrected chi connectivity index (χ2v) is 6.36. The van der Waals surface area contributed by atoms with Crippen LogP contribution in [0.2, 0.25) is 0 Å². The van der Waals surface area contributed by atoms with Crippen molar-refractivity contribution in [3.05, 3.63) is 0 Å². The molecular weight excluding hydrogens is 317 g/mol. The monoisotopic (exact) mass is 344 g/mol. The van der Waals surface area contributed by atoms with Crippen LogP contribution in [-0.2, 0) is 14.3 Å². The second-order valence-electron chi connectivity index (χ2n) is 6.36. The highest BCUT2D eigenvalue weighted by Crippen LogP contribution is 2.32. The van der Waals surface area contributed by atoms with Crippen molar-refractivity contribution in [1.29, 1.82) is 0 Å². The Bertz CT molecular complexity index is 346.